The van der Waals surface area contributed by atoms with Crippen LogP contribution in [0.15, 0.2) is 29.3 Å². The largest absolute Gasteiger partial charge is 0.393 e. The molecule has 24 heavy (non-hydrogen) atoms. The number of hydrogen-bond donors (Lipinski definition) is 1. The molecule has 2 atom stereocenters. The second-order valence-corrected chi connectivity index (χ2v) is 6.59. The Bertz CT molecular complexity index is 813. The van der Waals surface area contributed by atoms with Gasteiger partial charge >= 0.3 is 0 Å². The Morgan fingerprint density at radius 3 is 2.96 bits per heavy atom. The van der Waals surface area contributed by atoms with Crippen molar-refractivity contribution in [3.63, 3.8) is 0 Å². The highest BCUT2D eigenvalue weighted by atomic mass is 16.3. The molecular formula is C18H23N3O3. The van der Waals surface area contributed by atoms with Crippen molar-refractivity contribution in [2.24, 2.45) is 5.92 Å². The molecule has 1 fully saturated rings. The Labute approximate surface area is 140 Å². The summed E-state index contributed by atoms with van der Waals surface area (Å²) in [6, 6.07) is 5.54. The summed E-state index contributed by atoms with van der Waals surface area (Å²) < 4.78 is 1.50. The fourth-order valence-electron chi connectivity index (χ4n) is 3.28. The van der Waals surface area contributed by atoms with E-state index < -0.39 is 6.10 Å². The molecule has 1 N–H and O–H groups in total. The molecule has 0 bridgehead atoms. The van der Waals surface area contributed by atoms with Gasteiger partial charge in [-0.2, -0.15) is 0 Å². The van der Waals surface area contributed by atoms with Gasteiger partial charge in [-0.15, -0.1) is 0 Å². The van der Waals surface area contributed by atoms with Crippen molar-refractivity contribution in [3.05, 3.63) is 40.4 Å². The van der Waals surface area contributed by atoms with Gasteiger partial charge in [-0.05, 0) is 31.9 Å². The van der Waals surface area contributed by atoms with Crippen LogP contribution in [0.4, 0.5) is 0 Å². The highest BCUT2D eigenvalue weighted by molar-refractivity contribution is 5.80. The lowest BCUT2D eigenvalue weighted by atomic mass is 10.0. The summed E-state index contributed by atoms with van der Waals surface area (Å²) in [4.78, 5) is 31.0. The number of amides is 1. The third-order valence-corrected chi connectivity index (χ3v) is 4.88. The lowest BCUT2D eigenvalue weighted by molar-refractivity contribution is -0.130. The molecular weight excluding hydrogens is 306 g/mol. The summed E-state index contributed by atoms with van der Waals surface area (Å²) in [5, 5.41) is 10.2. The summed E-state index contributed by atoms with van der Waals surface area (Å²) in [5.74, 6) is 0.177. The summed E-state index contributed by atoms with van der Waals surface area (Å²) in [5.41, 5.74) is 1.57. The van der Waals surface area contributed by atoms with Gasteiger partial charge in [0.05, 0.1) is 23.3 Å². The predicted octanol–water partition coefficient (Wildman–Crippen LogP) is 1.32. The highest BCUT2D eigenvalue weighted by Gasteiger charge is 2.28. The monoisotopic (exact) mass is 329 g/mol. The number of aryl methyl sites for hydroxylation is 2. The normalized spacial score (nSPS) is 19.0. The number of carbonyl (C=O) groups is 1. The first kappa shape index (κ1) is 16.6. The molecule has 1 aliphatic heterocycles. The first-order chi connectivity index (χ1) is 11.5. The van der Waals surface area contributed by atoms with Crippen LogP contribution < -0.4 is 5.56 Å². The van der Waals surface area contributed by atoms with Crippen LogP contribution in [-0.2, 0) is 11.3 Å². The number of carbonyl (C=O) groups excluding carboxylic acids is 1. The molecule has 0 radical (unpaired) electrons. The molecule has 0 aliphatic carbocycles. The number of para-hydroxylation sites is 1. The van der Waals surface area contributed by atoms with Gasteiger partial charge in [0.1, 0.15) is 0 Å². The maximum atomic E-state index is 12.5. The van der Waals surface area contributed by atoms with Gasteiger partial charge in [-0.1, -0.05) is 12.1 Å². The zero-order valence-corrected chi connectivity index (χ0v) is 14.1. The van der Waals surface area contributed by atoms with Crippen LogP contribution in [0.1, 0.15) is 25.3 Å². The Hall–Kier alpha value is -2.21. The molecule has 6 nitrogen and oxygen atoms in total. The fourth-order valence-corrected chi connectivity index (χ4v) is 3.28. The van der Waals surface area contributed by atoms with E-state index in [-0.39, 0.29) is 23.8 Å². The van der Waals surface area contributed by atoms with E-state index in [4.69, 9.17) is 0 Å². The second-order valence-electron chi connectivity index (χ2n) is 6.59. The molecule has 0 saturated carbocycles. The molecule has 1 aliphatic rings. The van der Waals surface area contributed by atoms with Gasteiger partial charge in [0.15, 0.2) is 0 Å². The number of fused-ring (bicyclic) bond motifs is 1. The summed E-state index contributed by atoms with van der Waals surface area (Å²) in [7, 11) is 0. The predicted molar refractivity (Wildman–Crippen MR) is 91.7 cm³/mol. The van der Waals surface area contributed by atoms with Crippen LogP contribution >= 0.6 is 0 Å². The van der Waals surface area contributed by atoms with Crippen LogP contribution in [0.2, 0.25) is 0 Å². The van der Waals surface area contributed by atoms with Crippen molar-refractivity contribution in [2.75, 3.05) is 13.1 Å². The number of aliphatic hydroxyl groups is 1. The number of nitrogens with zero attached hydrogens (tertiary/aromatic N) is 3. The molecule has 6 heteroatoms. The third-order valence-electron chi connectivity index (χ3n) is 4.88. The maximum absolute atomic E-state index is 12.5. The molecule has 1 saturated heterocycles. The van der Waals surface area contributed by atoms with E-state index >= 15 is 0 Å². The van der Waals surface area contributed by atoms with Gasteiger partial charge in [0, 0.05) is 32.0 Å². The Morgan fingerprint density at radius 2 is 2.25 bits per heavy atom. The van der Waals surface area contributed by atoms with E-state index in [0.29, 0.717) is 30.5 Å². The minimum atomic E-state index is -0.390. The number of rotatable bonds is 4. The van der Waals surface area contributed by atoms with Crippen molar-refractivity contribution in [1.29, 1.82) is 0 Å². The standard InChI is InChI=1S/C18H23N3O3/c1-12-4-3-5-15-17(12)19-11-21(18(15)24)9-7-16(23)20-8-6-14(10-20)13(2)22/h3-5,11,13-14,22H,6-10H2,1-2H3. The van der Waals surface area contributed by atoms with Gasteiger partial charge < -0.3 is 10.0 Å². The van der Waals surface area contributed by atoms with Crippen LogP contribution in [0, 0.1) is 12.8 Å². The summed E-state index contributed by atoms with van der Waals surface area (Å²) in [6.07, 6.45) is 2.23. The molecule has 1 amide bonds. The number of aromatic nitrogens is 2. The molecule has 2 aromatic rings. The third kappa shape index (κ3) is 3.19. The Morgan fingerprint density at radius 1 is 1.46 bits per heavy atom. The Balaban J connectivity index is 1.69. The molecule has 3 rings (SSSR count). The number of benzene rings is 1. The quantitative estimate of drug-likeness (QED) is 0.918. The highest BCUT2D eigenvalue weighted by Crippen LogP contribution is 2.20. The first-order valence-corrected chi connectivity index (χ1v) is 8.38. The van der Waals surface area contributed by atoms with E-state index in [0.717, 1.165) is 12.0 Å². The van der Waals surface area contributed by atoms with E-state index in [1.165, 1.54) is 10.9 Å². The van der Waals surface area contributed by atoms with Crippen molar-refractivity contribution in [3.8, 4) is 0 Å². The summed E-state index contributed by atoms with van der Waals surface area (Å²) in [6.45, 7) is 5.29. The van der Waals surface area contributed by atoms with Crippen LogP contribution in [0.5, 0.6) is 0 Å². The zero-order valence-electron chi connectivity index (χ0n) is 14.1. The van der Waals surface area contributed by atoms with Gasteiger partial charge in [0.25, 0.3) is 5.56 Å². The van der Waals surface area contributed by atoms with E-state index in [9.17, 15) is 14.7 Å². The van der Waals surface area contributed by atoms with Gasteiger partial charge in [-0.3, -0.25) is 14.2 Å². The smallest absolute Gasteiger partial charge is 0.261 e. The van der Waals surface area contributed by atoms with Crippen molar-refractivity contribution in [2.45, 2.75) is 39.3 Å². The van der Waals surface area contributed by atoms with E-state index in [1.54, 1.807) is 17.9 Å². The SMILES string of the molecule is Cc1cccc2c(=O)n(CCC(=O)N3CCC(C(C)O)C3)cnc12. The average Bonchev–Trinajstić information content (AvgIpc) is 3.05. The first-order valence-electron chi connectivity index (χ1n) is 8.38. The van der Waals surface area contributed by atoms with E-state index in [2.05, 4.69) is 4.98 Å². The lowest BCUT2D eigenvalue weighted by Crippen LogP contribution is -2.32. The molecule has 2 unspecified atom stereocenters. The maximum Gasteiger partial charge on any atom is 0.261 e. The van der Waals surface area contributed by atoms with Gasteiger partial charge in [-0.25, -0.2) is 4.98 Å². The van der Waals surface area contributed by atoms with Crippen LogP contribution in [0.25, 0.3) is 10.9 Å². The lowest BCUT2D eigenvalue weighted by Gasteiger charge is -2.18. The molecule has 128 valence electrons. The molecule has 1 aromatic heterocycles. The second kappa shape index (κ2) is 6.73. The van der Waals surface area contributed by atoms with Crippen molar-refractivity contribution < 1.29 is 9.90 Å². The number of hydrogen-bond acceptors (Lipinski definition) is 4. The van der Waals surface area contributed by atoms with Crippen LogP contribution in [0.3, 0.4) is 0 Å². The topological polar surface area (TPSA) is 75.4 Å². The van der Waals surface area contributed by atoms with Crippen LogP contribution in [-0.4, -0.2) is 44.7 Å². The number of aliphatic hydroxyl groups excluding tert-OH is 1. The zero-order chi connectivity index (χ0) is 17.3. The summed E-state index contributed by atoms with van der Waals surface area (Å²) >= 11 is 0. The van der Waals surface area contributed by atoms with E-state index in [1.807, 2.05) is 19.1 Å². The van der Waals surface area contributed by atoms with Crippen molar-refractivity contribution in [1.82, 2.24) is 14.5 Å². The molecule has 2 heterocycles. The van der Waals surface area contributed by atoms with Crippen molar-refractivity contribution >= 4 is 16.8 Å². The minimum absolute atomic E-state index is 0.0226. The molecule has 0 spiro atoms. The fraction of sp³-hybridized carbons (Fsp3) is 0.500. The molecule has 1 aromatic carbocycles. The van der Waals surface area contributed by atoms with Gasteiger partial charge in [0.2, 0.25) is 5.91 Å². The Kier molecular flexibility index (Phi) is 4.66. The minimum Gasteiger partial charge on any atom is -0.393 e. The average molecular weight is 329 g/mol. The number of likely N-dealkylation sites (tertiary alicyclic amines) is 1.